The lowest BCUT2D eigenvalue weighted by molar-refractivity contribution is -0.123. The molecule has 6 nitrogen and oxygen atoms in total. The third-order valence-corrected chi connectivity index (χ3v) is 5.03. The van der Waals surface area contributed by atoms with Gasteiger partial charge in [-0.05, 0) is 12.1 Å². The number of hydrogen-bond acceptors (Lipinski definition) is 5. The molecule has 0 radical (unpaired) electrons. The van der Waals surface area contributed by atoms with Gasteiger partial charge in [0, 0.05) is 31.2 Å². The first-order valence-corrected chi connectivity index (χ1v) is 8.72. The molecule has 2 heterocycles. The molecule has 1 unspecified atom stereocenters. The molecule has 3 aromatic rings. The first kappa shape index (κ1) is 16.7. The van der Waals surface area contributed by atoms with Gasteiger partial charge in [-0.2, -0.15) is 0 Å². The van der Waals surface area contributed by atoms with E-state index in [1.54, 1.807) is 11.6 Å². The molecule has 1 atom stereocenters. The third-order valence-electron chi connectivity index (χ3n) is 3.74. The summed E-state index contributed by atoms with van der Waals surface area (Å²) >= 11 is 7.41. The van der Waals surface area contributed by atoms with Crippen molar-refractivity contribution in [3.63, 3.8) is 0 Å². The van der Waals surface area contributed by atoms with E-state index in [1.165, 1.54) is 11.3 Å². The second-order valence-corrected chi connectivity index (χ2v) is 7.01. The molecule has 1 aromatic carbocycles. The van der Waals surface area contributed by atoms with Crippen molar-refractivity contribution in [2.75, 3.05) is 25.5 Å². The van der Waals surface area contributed by atoms with E-state index >= 15 is 0 Å². The molecule has 0 saturated heterocycles. The number of carbonyl (C=O) groups is 1. The fraction of sp³-hybridized carbons (Fsp3) is 0.312. The van der Waals surface area contributed by atoms with Crippen LogP contribution in [0.1, 0.15) is 6.92 Å². The van der Waals surface area contributed by atoms with Crippen molar-refractivity contribution in [3.05, 3.63) is 35.5 Å². The second kappa shape index (κ2) is 6.78. The second-order valence-electron chi connectivity index (χ2n) is 5.64. The van der Waals surface area contributed by atoms with Crippen LogP contribution in [-0.2, 0) is 4.79 Å². The highest BCUT2D eigenvalue weighted by Gasteiger charge is 2.17. The molecule has 1 N–H and O–H groups in total. The van der Waals surface area contributed by atoms with Crippen molar-refractivity contribution < 1.29 is 4.79 Å². The molecule has 0 fully saturated rings. The normalized spacial score (nSPS) is 12.3. The highest BCUT2D eigenvalue weighted by atomic mass is 35.5. The van der Waals surface area contributed by atoms with Crippen molar-refractivity contribution in [1.82, 2.24) is 19.9 Å². The van der Waals surface area contributed by atoms with Crippen molar-refractivity contribution in [2.24, 2.45) is 5.92 Å². The smallest absolute Gasteiger partial charge is 0.224 e. The topological polar surface area (TPSA) is 62.5 Å². The number of imidazole rings is 1. The van der Waals surface area contributed by atoms with Crippen LogP contribution in [0.2, 0.25) is 5.02 Å². The Morgan fingerprint density at radius 3 is 2.75 bits per heavy atom. The van der Waals surface area contributed by atoms with Gasteiger partial charge in [-0.15, -0.1) is 5.10 Å². The van der Waals surface area contributed by atoms with E-state index in [-0.39, 0.29) is 11.8 Å². The van der Waals surface area contributed by atoms with Gasteiger partial charge in [0.2, 0.25) is 16.0 Å². The SMILES string of the molecule is CNC(=O)C(C)CN(C)c1nn2cc(-c3ccc(Cl)cc3)nc2s1. The molecule has 0 aliphatic heterocycles. The summed E-state index contributed by atoms with van der Waals surface area (Å²) in [7, 11) is 3.58. The molecule has 2 aromatic heterocycles. The highest BCUT2D eigenvalue weighted by Crippen LogP contribution is 2.27. The van der Waals surface area contributed by atoms with Crippen LogP contribution in [-0.4, -0.2) is 41.1 Å². The van der Waals surface area contributed by atoms with Gasteiger partial charge in [0.05, 0.1) is 17.8 Å². The fourth-order valence-electron chi connectivity index (χ4n) is 2.42. The summed E-state index contributed by atoms with van der Waals surface area (Å²) in [5.74, 6) is -0.0888. The lowest BCUT2D eigenvalue weighted by atomic mass is 10.1. The standard InChI is InChI=1S/C16H18ClN5OS/c1-10(14(23)18-2)8-21(3)16-20-22-9-13(19-15(22)24-16)11-4-6-12(17)7-5-11/h4-7,9-10H,8H2,1-3H3,(H,18,23). The van der Waals surface area contributed by atoms with E-state index in [2.05, 4.69) is 15.4 Å². The molecule has 8 heteroatoms. The van der Waals surface area contributed by atoms with Crippen LogP contribution in [0.4, 0.5) is 5.13 Å². The van der Waals surface area contributed by atoms with Gasteiger partial charge in [0.15, 0.2) is 0 Å². The van der Waals surface area contributed by atoms with Crippen LogP contribution < -0.4 is 10.2 Å². The van der Waals surface area contributed by atoms with Crippen molar-refractivity contribution in [3.8, 4) is 11.3 Å². The van der Waals surface area contributed by atoms with Crippen molar-refractivity contribution in [2.45, 2.75) is 6.92 Å². The third kappa shape index (κ3) is 3.37. The Hall–Kier alpha value is -2.12. The number of nitrogens with zero attached hydrogens (tertiary/aromatic N) is 4. The monoisotopic (exact) mass is 363 g/mol. The van der Waals surface area contributed by atoms with Crippen molar-refractivity contribution in [1.29, 1.82) is 0 Å². The van der Waals surface area contributed by atoms with E-state index < -0.39 is 0 Å². The average molecular weight is 364 g/mol. The Balaban J connectivity index is 1.79. The zero-order chi connectivity index (χ0) is 17.3. The van der Waals surface area contributed by atoms with E-state index in [0.717, 1.165) is 21.3 Å². The summed E-state index contributed by atoms with van der Waals surface area (Å²) in [6, 6.07) is 7.56. The molecule has 0 aliphatic rings. The van der Waals surface area contributed by atoms with Crippen LogP contribution in [0.25, 0.3) is 16.2 Å². The molecular formula is C16H18ClN5OS. The number of carbonyl (C=O) groups excluding carboxylic acids is 1. The van der Waals surface area contributed by atoms with Crippen LogP contribution in [0.15, 0.2) is 30.5 Å². The molecule has 126 valence electrons. The van der Waals surface area contributed by atoms with Crippen LogP contribution in [0.5, 0.6) is 0 Å². The Bertz CT molecular complexity index is 826. The molecule has 0 spiro atoms. The predicted octanol–water partition coefficient (Wildman–Crippen LogP) is 2.93. The van der Waals surface area contributed by atoms with E-state index in [1.807, 2.05) is 49.3 Å². The number of halogens is 1. The minimum Gasteiger partial charge on any atom is -0.359 e. The number of aromatic nitrogens is 3. The number of nitrogens with one attached hydrogen (secondary N) is 1. The highest BCUT2D eigenvalue weighted by molar-refractivity contribution is 7.20. The number of anilines is 1. The zero-order valence-corrected chi connectivity index (χ0v) is 15.2. The summed E-state index contributed by atoms with van der Waals surface area (Å²) < 4.78 is 1.77. The van der Waals surface area contributed by atoms with E-state index in [9.17, 15) is 4.79 Å². The quantitative estimate of drug-likeness (QED) is 0.757. The molecule has 0 bridgehead atoms. The largest absolute Gasteiger partial charge is 0.359 e. The number of benzene rings is 1. The molecule has 1 amide bonds. The van der Waals surface area contributed by atoms with Gasteiger partial charge in [-0.25, -0.2) is 9.50 Å². The lowest BCUT2D eigenvalue weighted by Gasteiger charge is -2.19. The molecule has 0 saturated carbocycles. The van der Waals surface area contributed by atoms with Crippen LogP contribution >= 0.6 is 22.9 Å². The van der Waals surface area contributed by atoms with Gasteiger partial charge >= 0.3 is 0 Å². The average Bonchev–Trinajstić information content (AvgIpc) is 3.13. The van der Waals surface area contributed by atoms with Crippen LogP contribution in [0, 0.1) is 5.92 Å². The number of hydrogen-bond donors (Lipinski definition) is 1. The summed E-state index contributed by atoms with van der Waals surface area (Å²) in [6.45, 7) is 2.49. The zero-order valence-electron chi connectivity index (χ0n) is 13.7. The van der Waals surface area contributed by atoms with Gasteiger partial charge < -0.3 is 10.2 Å². The number of amides is 1. The Morgan fingerprint density at radius 1 is 1.42 bits per heavy atom. The van der Waals surface area contributed by atoms with Gasteiger partial charge in [0.25, 0.3) is 0 Å². The van der Waals surface area contributed by atoms with Gasteiger partial charge in [-0.3, -0.25) is 4.79 Å². The summed E-state index contributed by atoms with van der Waals surface area (Å²) in [6.07, 6.45) is 1.90. The number of rotatable bonds is 5. The van der Waals surface area contributed by atoms with Gasteiger partial charge in [-0.1, -0.05) is 42.0 Å². The van der Waals surface area contributed by atoms with E-state index in [0.29, 0.717) is 11.6 Å². The van der Waals surface area contributed by atoms with Crippen LogP contribution in [0.3, 0.4) is 0 Å². The Morgan fingerprint density at radius 2 is 2.12 bits per heavy atom. The van der Waals surface area contributed by atoms with Crippen molar-refractivity contribution >= 4 is 38.9 Å². The van der Waals surface area contributed by atoms with E-state index in [4.69, 9.17) is 11.6 Å². The molecular weight excluding hydrogens is 346 g/mol. The summed E-state index contributed by atoms with van der Waals surface area (Å²) in [5, 5.41) is 8.75. The minimum absolute atomic E-state index is 0.0215. The minimum atomic E-state index is -0.110. The molecule has 3 rings (SSSR count). The maximum Gasteiger partial charge on any atom is 0.224 e. The first-order valence-electron chi connectivity index (χ1n) is 7.53. The maximum absolute atomic E-state index is 11.6. The Labute approximate surface area is 149 Å². The summed E-state index contributed by atoms with van der Waals surface area (Å²) in [4.78, 5) is 19.0. The first-order chi connectivity index (χ1) is 11.5. The fourth-order valence-corrected chi connectivity index (χ4v) is 3.40. The maximum atomic E-state index is 11.6. The number of fused-ring (bicyclic) bond motifs is 1. The molecule has 24 heavy (non-hydrogen) atoms. The Kier molecular flexibility index (Phi) is 4.73. The summed E-state index contributed by atoms with van der Waals surface area (Å²) in [5.41, 5.74) is 1.86. The van der Waals surface area contributed by atoms with Gasteiger partial charge in [0.1, 0.15) is 0 Å². The lowest BCUT2D eigenvalue weighted by Crippen LogP contribution is -2.34. The molecule has 0 aliphatic carbocycles. The predicted molar refractivity (Wildman–Crippen MR) is 97.8 cm³/mol.